The largest absolute Gasteiger partial charge is 0.478 e. The summed E-state index contributed by atoms with van der Waals surface area (Å²) in [6.45, 7) is 4.73. The van der Waals surface area contributed by atoms with Crippen molar-refractivity contribution >= 4 is 33.3 Å². The molecular formula is C24H26FNO4S2. The number of ketones is 1. The minimum absolute atomic E-state index is 0.0146. The molecule has 2 unspecified atom stereocenters. The summed E-state index contributed by atoms with van der Waals surface area (Å²) in [4.78, 5) is 27.7. The number of rotatable bonds is 8. The van der Waals surface area contributed by atoms with Crippen LogP contribution in [0.25, 0.3) is 0 Å². The number of hydrogen-bond acceptors (Lipinski definition) is 6. The highest BCUT2D eigenvalue weighted by Gasteiger charge is 2.41. The predicted octanol–water partition coefficient (Wildman–Crippen LogP) is 5.58. The molecule has 5 nitrogen and oxygen atoms in total. The van der Waals surface area contributed by atoms with E-state index in [4.69, 9.17) is 4.42 Å². The number of aryl methyl sites for hydroxylation is 2. The molecular weight excluding hydrogens is 449 g/mol. The highest BCUT2D eigenvalue weighted by molar-refractivity contribution is 8.77. The summed E-state index contributed by atoms with van der Waals surface area (Å²) in [5, 5.41) is 9.44. The average Bonchev–Trinajstić information content (AvgIpc) is 3.53. The monoisotopic (exact) mass is 475 g/mol. The van der Waals surface area contributed by atoms with E-state index in [9.17, 15) is 19.1 Å². The molecule has 1 aromatic carbocycles. The summed E-state index contributed by atoms with van der Waals surface area (Å²) in [7, 11) is 3.19. The van der Waals surface area contributed by atoms with Crippen LogP contribution in [0, 0.1) is 25.6 Å². The van der Waals surface area contributed by atoms with Gasteiger partial charge in [0, 0.05) is 35.9 Å². The first-order valence-corrected chi connectivity index (χ1v) is 12.9. The Morgan fingerprint density at radius 1 is 1.25 bits per heavy atom. The Balaban J connectivity index is 1.55. The van der Waals surface area contributed by atoms with Gasteiger partial charge in [-0.25, -0.2) is 9.18 Å². The molecule has 2 aliphatic rings. The zero-order valence-electron chi connectivity index (χ0n) is 18.0. The zero-order chi connectivity index (χ0) is 22.8. The number of furan rings is 1. The molecule has 1 N–H and O–H groups in total. The lowest BCUT2D eigenvalue weighted by atomic mass is 9.93. The van der Waals surface area contributed by atoms with Gasteiger partial charge in [0.25, 0.3) is 0 Å². The number of hydrogen-bond donors (Lipinski definition) is 1. The summed E-state index contributed by atoms with van der Waals surface area (Å²) < 4.78 is 20.3. The van der Waals surface area contributed by atoms with E-state index >= 15 is 0 Å². The molecule has 1 aliphatic heterocycles. The third kappa shape index (κ3) is 5.30. The molecule has 1 aliphatic carbocycles. The van der Waals surface area contributed by atoms with Crippen LogP contribution in [0.5, 0.6) is 0 Å². The Morgan fingerprint density at radius 2 is 2.00 bits per heavy atom. The Bertz CT molecular complexity index is 1050. The van der Waals surface area contributed by atoms with E-state index in [1.807, 2.05) is 24.8 Å². The number of carboxylic acids is 1. The van der Waals surface area contributed by atoms with E-state index in [0.29, 0.717) is 25.1 Å². The molecule has 1 saturated carbocycles. The van der Waals surface area contributed by atoms with Crippen LogP contribution in [-0.2, 0) is 9.59 Å². The average molecular weight is 476 g/mol. The number of carbonyl (C=O) groups excluding carboxylic acids is 1. The van der Waals surface area contributed by atoms with Gasteiger partial charge in [-0.1, -0.05) is 39.8 Å². The molecule has 2 fully saturated rings. The first-order chi connectivity index (χ1) is 15.3. The summed E-state index contributed by atoms with van der Waals surface area (Å²) in [5.74, 6) is 0.289. The fourth-order valence-corrected chi connectivity index (χ4v) is 7.01. The van der Waals surface area contributed by atoms with Gasteiger partial charge in [-0.2, -0.15) is 0 Å². The van der Waals surface area contributed by atoms with Gasteiger partial charge in [0.05, 0.1) is 10.9 Å². The van der Waals surface area contributed by atoms with E-state index < -0.39 is 17.8 Å². The van der Waals surface area contributed by atoms with Crippen molar-refractivity contribution in [2.24, 2.45) is 5.92 Å². The van der Waals surface area contributed by atoms with Crippen molar-refractivity contribution in [1.82, 2.24) is 4.90 Å². The van der Waals surface area contributed by atoms with Crippen molar-refractivity contribution in [1.29, 1.82) is 0 Å². The number of likely N-dealkylation sites (tertiary alicyclic amines) is 1. The highest BCUT2D eigenvalue weighted by Crippen LogP contribution is 2.44. The van der Waals surface area contributed by atoms with Gasteiger partial charge in [0.15, 0.2) is 5.78 Å². The van der Waals surface area contributed by atoms with Gasteiger partial charge < -0.3 is 9.52 Å². The molecule has 8 heteroatoms. The number of carbonyl (C=O) groups is 2. The topological polar surface area (TPSA) is 70.8 Å². The third-order valence-corrected chi connectivity index (χ3v) is 8.83. The summed E-state index contributed by atoms with van der Waals surface area (Å²) in [6, 6.07) is 7.71. The molecule has 170 valence electrons. The minimum atomic E-state index is -1.01. The first-order valence-electron chi connectivity index (χ1n) is 10.7. The lowest BCUT2D eigenvalue weighted by Gasteiger charge is -2.38. The quantitative estimate of drug-likeness (QED) is 0.395. The smallest absolute Gasteiger partial charge is 0.328 e. The summed E-state index contributed by atoms with van der Waals surface area (Å²) >= 11 is 0. The Kier molecular flexibility index (Phi) is 7.12. The number of carboxylic acid groups (broad SMARTS) is 1. The first kappa shape index (κ1) is 23.1. The molecule has 1 saturated heterocycles. The van der Waals surface area contributed by atoms with Gasteiger partial charge in [-0.3, -0.25) is 9.69 Å². The molecule has 2 atom stereocenters. The SMILES string of the molecule is Cc1cc(SSC2CCN(C(C(=O)C3CC3)c3ccccc3F)C/C2=C/C(=O)O)c(C)o1. The Hall–Kier alpha value is -2.03. The number of halogens is 1. The summed E-state index contributed by atoms with van der Waals surface area (Å²) in [5.41, 5.74) is 1.12. The predicted molar refractivity (Wildman–Crippen MR) is 124 cm³/mol. The van der Waals surface area contributed by atoms with E-state index in [1.54, 1.807) is 39.8 Å². The maximum Gasteiger partial charge on any atom is 0.328 e. The van der Waals surface area contributed by atoms with Crippen molar-refractivity contribution in [3.63, 3.8) is 0 Å². The number of piperidine rings is 1. The van der Waals surface area contributed by atoms with Gasteiger partial charge >= 0.3 is 5.97 Å². The second kappa shape index (κ2) is 9.85. The van der Waals surface area contributed by atoms with Crippen LogP contribution >= 0.6 is 21.6 Å². The molecule has 0 bridgehead atoms. The zero-order valence-corrected chi connectivity index (χ0v) is 19.7. The van der Waals surface area contributed by atoms with Crippen molar-refractivity contribution in [3.8, 4) is 0 Å². The van der Waals surface area contributed by atoms with Gasteiger partial charge in [0.1, 0.15) is 17.3 Å². The molecule has 4 rings (SSSR count). The van der Waals surface area contributed by atoms with E-state index in [-0.39, 0.29) is 17.0 Å². The van der Waals surface area contributed by atoms with Gasteiger partial charge in [-0.05, 0) is 50.8 Å². The normalized spacial score (nSPS) is 21.6. The van der Waals surface area contributed by atoms with E-state index in [0.717, 1.165) is 34.8 Å². The van der Waals surface area contributed by atoms with Crippen LogP contribution in [0.2, 0.25) is 0 Å². The molecule has 32 heavy (non-hydrogen) atoms. The maximum absolute atomic E-state index is 14.7. The fourth-order valence-electron chi connectivity index (χ4n) is 4.13. The molecule has 0 amide bonds. The lowest BCUT2D eigenvalue weighted by Crippen LogP contribution is -2.43. The Morgan fingerprint density at radius 3 is 2.62 bits per heavy atom. The second-order valence-corrected chi connectivity index (χ2v) is 10.8. The van der Waals surface area contributed by atoms with Crippen LogP contribution < -0.4 is 0 Å². The van der Waals surface area contributed by atoms with Crippen molar-refractivity contribution in [2.45, 2.75) is 49.3 Å². The molecule has 1 aromatic heterocycles. The third-order valence-electron chi connectivity index (χ3n) is 5.85. The second-order valence-electron chi connectivity index (χ2n) is 8.36. The number of nitrogens with zero attached hydrogens (tertiary/aromatic N) is 1. The molecule has 0 spiro atoms. The van der Waals surface area contributed by atoms with Crippen LogP contribution in [0.15, 0.2) is 51.3 Å². The van der Waals surface area contributed by atoms with Gasteiger partial charge in [0.2, 0.25) is 0 Å². The molecule has 2 heterocycles. The van der Waals surface area contributed by atoms with Gasteiger partial charge in [-0.15, -0.1) is 0 Å². The Labute approximate surface area is 194 Å². The van der Waals surface area contributed by atoms with Crippen molar-refractivity contribution in [3.05, 3.63) is 64.9 Å². The molecule has 0 radical (unpaired) electrons. The number of Topliss-reactive ketones (excluding diaryl/α,β-unsaturated/α-hetero) is 1. The van der Waals surface area contributed by atoms with E-state index in [2.05, 4.69) is 0 Å². The number of benzene rings is 1. The van der Waals surface area contributed by atoms with Crippen molar-refractivity contribution in [2.75, 3.05) is 13.1 Å². The van der Waals surface area contributed by atoms with Crippen molar-refractivity contribution < 1.29 is 23.5 Å². The van der Waals surface area contributed by atoms with Crippen LogP contribution in [0.1, 0.15) is 42.4 Å². The molecule has 2 aromatic rings. The van der Waals surface area contributed by atoms with Crippen LogP contribution in [-0.4, -0.2) is 40.1 Å². The number of aliphatic carboxylic acids is 1. The van der Waals surface area contributed by atoms with Crippen LogP contribution in [0.4, 0.5) is 4.39 Å². The highest BCUT2D eigenvalue weighted by atomic mass is 33.1. The van der Waals surface area contributed by atoms with Crippen LogP contribution in [0.3, 0.4) is 0 Å². The minimum Gasteiger partial charge on any atom is -0.478 e. The maximum atomic E-state index is 14.7. The fraction of sp³-hybridized carbons (Fsp3) is 0.417. The lowest BCUT2D eigenvalue weighted by molar-refractivity contribution is -0.131. The van der Waals surface area contributed by atoms with E-state index in [1.165, 1.54) is 12.1 Å². The summed E-state index contributed by atoms with van der Waals surface area (Å²) in [6.07, 6.45) is 3.61. The standard InChI is InChI=1S/C24H26FNO4S2/c1-14-11-21(15(2)30-14)32-31-20-9-10-26(13-17(20)12-22(27)28)23(24(29)16-7-8-16)18-5-3-4-6-19(18)25/h3-6,11-12,16,20,23H,7-10,13H2,1-2H3,(H,27,28)/b17-12-.